The molecule has 0 bridgehead atoms. The van der Waals surface area contributed by atoms with E-state index in [0.717, 1.165) is 21.5 Å². The third-order valence-electron chi connectivity index (χ3n) is 4.66. The topological polar surface area (TPSA) is 114 Å². The molecule has 1 heterocycles. The molecule has 0 saturated heterocycles. The molecule has 0 radical (unpaired) electrons. The predicted octanol–water partition coefficient (Wildman–Crippen LogP) is 2.95. The number of carbonyl (C=O) groups is 1. The fraction of sp³-hybridized carbons (Fsp3) is 0.400. The molecule has 0 aliphatic heterocycles. The van der Waals surface area contributed by atoms with Crippen LogP contribution in [0.15, 0.2) is 35.0 Å². The number of aryl methyl sites for hydroxylation is 1. The first-order valence-electron chi connectivity index (χ1n) is 9.53. The molecule has 0 aliphatic rings. The maximum Gasteiger partial charge on any atom is 0.404 e. The number of hydrogen-bond acceptors (Lipinski definition) is 5. The molecule has 0 spiro atoms. The van der Waals surface area contributed by atoms with Crippen molar-refractivity contribution in [3.8, 4) is 0 Å². The van der Waals surface area contributed by atoms with Gasteiger partial charge in [-0.15, -0.1) is 0 Å². The highest BCUT2D eigenvalue weighted by molar-refractivity contribution is 7.89. The third-order valence-corrected chi connectivity index (χ3v) is 6.96. The minimum Gasteiger partial charge on any atom is -0.465 e. The highest BCUT2D eigenvalue weighted by Crippen LogP contribution is 2.27. The first-order chi connectivity index (χ1) is 15.0. The molecule has 176 valence electrons. The van der Waals surface area contributed by atoms with E-state index in [0.29, 0.717) is 17.8 Å². The number of amides is 1. The van der Waals surface area contributed by atoms with Crippen LogP contribution in [-0.4, -0.2) is 61.5 Å². The zero-order valence-electron chi connectivity index (χ0n) is 18.2. The Kier molecular flexibility index (Phi) is 8.79. The molecule has 0 atom stereocenters. The molecular weight excluding hydrogens is 463 g/mol. The third kappa shape index (κ3) is 6.28. The Bertz CT molecular complexity index is 1120. The molecule has 9 nitrogen and oxygen atoms in total. The number of methoxy groups -OCH3 is 1. The number of aromatic nitrogens is 2. The van der Waals surface area contributed by atoms with E-state index in [1.165, 1.54) is 32.0 Å². The van der Waals surface area contributed by atoms with Crippen molar-refractivity contribution < 1.29 is 27.4 Å². The Balaban J connectivity index is 2.32. The fourth-order valence-corrected chi connectivity index (χ4v) is 4.48. The second-order valence-electron chi connectivity index (χ2n) is 7.17. The molecule has 2 aromatic rings. The summed E-state index contributed by atoms with van der Waals surface area (Å²) < 4.78 is 46.8. The number of benzene rings is 1. The minimum absolute atomic E-state index is 0.0135. The van der Waals surface area contributed by atoms with Gasteiger partial charge in [0.2, 0.25) is 10.0 Å². The molecule has 32 heavy (non-hydrogen) atoms. The van der Waals surface area contributed by atoms with Gasteiger partial charge < -0.3 is 15.2 Å². The average Bonchev–Trinajstić information content (AvgIpc) is 2.96. The van der Waals surface area contributed by atoms with Crippen molar-refractivity contribution in [1.29, 1.82) is 0 Å². The molecule has 2 N–H and O–H groups in total. The molecular formula is C20H26ClFN4O5S. The van der Waals surface area contributed by atoms with Crippen molar-refractivity contribution in [1.82, 2.24) is 19.4 Å². The Hall–Kier alpha value is -2.47. The van der Waals surface area contributed by atoms with Gasteiger partial charge in [-0.25, -0.2) is 21.9 Å². The van der Waals surface area contributed by atoms with E-state index < -0.39 is 21.9 Å². The van der Waals surface area contributed by atoms with Crippen LogP contribution in [0.4, 0.5) is 9.18 Å². The normalized spacial score (nSPS) is 12.4. The summed E-state index contributed by atoms with van der Waals surface area (Å²) in [6, 6.07) is 4.72. The number of ether oxygens (including phenoxy) is 1. The zero-order chi connectivity index (χ0) is 24.1. The number of carboxylic acid groups (broad SMARTS) is 1. The Morgan fingerprint density at radius 3 is 2.66 bits per heavy atom. The lowest BCUT2D eigenvalue weighted by atomic mass is 10.0. The fourth-order valence-electron chi connectivity index (χ4n) is 3.05. The number of allylic oxidation sites excluding steroid dienone is 1. The van der Waals surface area contributed by atoms with E-state index >= 15 is 0 Å². The van der Waals surface area contributed by atoms with Gasteiger partial charge in [0.05, 0.1) is 29.6 Å². The van der Waals surface area contributed by atoms with Crippen molar-refractivity contribution in [2.45, 2.75) is 31.4 Å². The summed E-state index contributed by atoms with van der Waals surface area (Å²) in [6.45, 7) is 1.62. The van der Waals surface area contributed by atoms with E-state index in [4.69, 9.17) is 21.4 Å². The Labute approximate surface area is 191 Å². The van der Waals surface area contributed by atoms with Gasteiger partial charge in [-0.1, -0.05) is 17.7 Å². The molecule has 0 aliphatic carbocycles. The second-order valence-corrected chi connectivity index (χ2v) is 9.69. The van der Waals surface area contributed by atoms with Gasteiger partial charge >= 0.3 is 6.09 Å². The second kappa shape index (κ2) is 10.9. The summed E-state index contributed by atoms with van der Waals surface area (Å²) in [4.78, 5) is 10.5. The van der Waals surface area contributed by atoms with E-state index in [9.17, 15) is 17.6 Å². The van der Waals surface area contributed by atoms with Crippen LogP contribution in [0.2, 0.25) is 5.02 Å². The van der Waals surface area contributed by atoms with E-state index in [1.54, 1.807) is 19.1 Å². The maximum atomic E-state index is 14.2. The van der Waals surface area contributed by atoms with Gasteiger partial charge in [0.25, 0.3) is 0 Å². The lowest BCUT2D eigenvalue weighted by Gasteiger charge is -2.14. The number of hydrogen-bond donors (Lipinski definition) is 2. The van der Waals surface area contributed by atoms with Crippen LogP contribution in [0.3, 0.4) is 0 Å². The molecule has 0 fully saturated rings. The first kappa shape index (κ1) is 25.8. The van der Waals surface area contributed by atoms with Crippen LogP contribution in [0, 0.1) is 6.92 Å². The lowest BCUT2D eigenvalue weighted by Crippen LogP contribution is -2.22. The molecule has 0 saturated carbocycles. The standard InChI is InChI=1S/C20H26ClFN4O5S/c1-13-16(9-14-5-6-19(17(21)10-14)32(29,30)25(2)3)18(12-31-4)26(24-13)11-15(22)7-8-23-20(27)28/h5-7,10,23H,8-9,11-12H2,1-4H3,(H,27,28)/b15-7-. The monoisotopic (exact) mass is 488 g/mol. The average molecular weight is 489 g/mol. The van der Waals surface area contributed by atoms with Crippen LogP contribution in [0.1, 0.15) is 22.5 Å². The largest absolute Gasteiger partial charge is 0.465 e. The van der Waals surface area contributed by atoms with Gasteiger partial charge in [0.1, 0.15) is 10.7 Å². The van der Waals surface area contributed by atoms with Crippen LogP contribution in [0.25, 0.3) is 0 Å². The Morgan fingerprint density at radius 1 is 1.41 bits per heavy atom. The summed E-state index contributed by atoms with van der Waals surface area (Å²) in [5.74, 6) is -0.550. The quantitative estimate of drug-likeness (QED) is 0.531. The molecule has 0 unspecified atom stereocenters. The molecule has 1 amide bonds. The maximum absolute atomic E-state index is 14.2. The summed E-state index contributed by atoms with van der Waals surface area (Å²) in [5, 5.41) is 15.1. The van der Waals surface area contributed by atoms with Gasteiger partial charge in [-0.3, -0.25) is 4.68 Å². The summed E-state index contributed by atoms with van der Waals surface area (Å²) >= 11 is 6.25. The molecule has 1 aromatic carbocycles. The molecule has 2 rings (SSSR count). The molecule has 1 aromatic heterocycles. The van der Waals surface area contributed by atoms with Gasteiger partial charge in [-0.2, -0.15) is 5.10 Å². The smallest absolute Gasteiger partial charge is 0.404 e. The first-order valence-corrected chi connectivity index (χ1v) is 11.4. The van der Waals surface area contributed by atoms with Gasteiger partial charge in [0, 0.05) is 39.7 Å². The SMILES string of the molecule is COCc1c(Cc2ccc(S(=O)(=O)N(C)C)c(Cl)c2)c(C)nn1C/C(F)=C/CNC(=O)O. The zero-order valence-corrected chi connectivity index (χ0v) is 19.8. The van der Waals surface area contributed by atoms with E-state index in [2.05, 4.69) is 10.4 Å². The minimum atomic E-state index is -3.67. The highest BCUT2D eigenvalue weighted by atomic mass is 35.5. The van der Waals surface area contributed by atoms with E-state index in [1.807, 2.05) is 0 Å². The van der Waals surface area contributed by atoms with Crippen molar-refractivity contribution in [2.24, 2.45) is 0 Å². The van der Waals surface area contributed by atoms with Crippen LogP contribution >= 0.6 is 11.6 Å². The predicted molar refractivity (Wildman–Crippen MR) is 118 cm³/mol. The molecule has 12 heteroatoms. The lowest BCUT2D eigenvalue weighted by molar-refractivity contribution is 0.176. The van der Waals surface area contributed by atoms with Crippen LogP contribution < -0.4 is 5.32 Å². The number of nitrogens with one attached hydrogen (secondary N) is 1. The number of nitrogens with zero attached hydrogens (tertiary/aromatic N) is 3. The van der Waals surface area contributed by atoms with Crippen LogP contribution in [-0.2, 0) is 34.3 Å². The summed E-state index contributed by atoms with van der Waals surface area (Å²) in [6.07, 6.45) is 0.276. The summed E-state index contributed by atoms with van der Waals surface area (Å²) in [7, 11) is 0.702. The number of rotatable bonds is 10. The van der Waals surface area contributed by atoms with Crippen molar-refractivity contribution >= 4 is 27.7 Å². The highest BCUT2D eigenvalue weighted by Gasteiger charge is 2.22. The van der Waals surface area contributed by atoms with Gasteiger partial charge in [0.15, 0.2) is 0 Å². The number of halogens is 2. The van der Waals surface area contributed by atoms with Crippen molar-refractivity contribution in [3.05, 3.63) is 57.6 Å². The number of sulfonamides is 1. The summed E-state index contributed by atoms with van der Waals surface area (Å²) in [5.41, 5.74) is 2.88. The van der Waals surface area contributed by atoms with Crippen molar-refractivity contribution in [2.75, 3.05) is 27.7 Å². The van der Waals surface area contributed by atoms with Crippen molar-refractivity contribution in [3.63, 3.8) is 0 Å². The van der Waals surface area contributed by atoms with Crippen LogP contribution in [0.5, 0.6) is 0 Å². The van der Waals surface area contributed by atoms with Gasteiger partial charge in [-0.05, 0) is 30.7 Å². The van der Waals surface area contributed by atoms with E-state index in [-0.39, 0.29) is 29.6 Å². The Morgan fingerprint density at radius 2 is 2.09 bits per heavy atom.